The summed E-state index contributed by atoms with van der Waals surface area (Å²) in [4.78, 5) is 11.1. The Labute approximate surface area is 217 Å². The van der Waals surface area contributed by atoms with Crippen LogP contribution in [0.15, 0.2) is 54.6 Å². The van der Waals surface area contributed by atoms with Crippen molar-refractivity contribution < 1.29 is 33.1 Å². The van der Waals surface area contributed by atoms with Crippen LogP contribution >= 0.6 is 0 Å². The quantitative estimate of drug-likeness (QED) is 0.309. The summed E-state index contributed by atoms with van der Waals surface area (Å²) in [6.45, 7) is 3.58. The van der Waals surface area contributed by atoms with E-state index in [1.165, 1.54) is 6.26 Å². The second-order valence-electron chi connectivity index (χ2n) is 10.1. The molecule has 7 nitrogen and oxygen atoms in total. The zero-order chi connectivity index (χ0) is 26.2. The Kier molecular flexibility index (Phi) is 6.96. The minimum absolute atomic E-state index is 0.114. The Morgan fingerprint density at radius 2 is 1.95 bits per heavy atom. The van der Waals surface area contributed by atoms with E-state index in [9.17, 15) is 13.2 Å². The Morgan fingerprint density at radius 1 is 1.16 bits per heavy atom. The van der Waals surface area contributed by atoms with Gasteiger partial charge in [0, 0.05) is 22.9 Å². The molecule has 0 bridgehead atoms. The predicted molar refractivity (Wildman–Crippen MR) is 141 cm³/mol. The first-order valence-corrected chi connectivity index (χ1v) is 14.6. The number of quaternary nitrogens is 1. The van der Waals surface area contributed by atoms with E-state index in [4.69, 9.17) is 14.6 Å². The van der Waals surface area contributed by atoms with E-state index >= 15 is 0 Å². The number of benzene rings is 3. The van der Waals surface area contributed by atoms with Crippen LogP contribution in [0.1, 0.15) is 41.0 Å². The predicted octanol–water partition coefficient (Wildman–Crippen LogP) is 3.95. The molecular formula is C29H32NO6S+. The topological polar surface area (TPSA) is 107 Å². The van der Waals surface area contributed by atoms with Crippen LogP contribution in [-0.4, -0.2) is 38.1 Å². The minimum Gasteiger partial charge on any atom is -0.494 e. The fourth-order valence-electron chi connectivity index (χ4n) is 5.12. The zero-order valence-corrected chi connectivity index (χ0v) is 21.9. The van der Waals surface area contributed by atoms with Gasteiger partial charge in [-0.2, -0.15) is 0 Å². The smallest absolute Gasteiger partial charge is 0.307 e. The van der Waals surface area contributed by atoms with Crippen molar-refractivity contribution in [3.63, 3.8) is 0 Å². The highest BCUT2D eigenvalue weighted by Gasteiger charge is 2.44. The van der Waals surface area contributed by atoms with Crippen molar-refractivity contribution in [3.8, 4) is 22.6 Å². The lowest BCUT2D eigenvalue weighted by Crippen LogP contribution is -2.76. The summed E-state index contributed by atoms with van der Waals surface area (Å²) < 4.78 is 34.7. The van der Waals surface area contributed by atoms with Crippen molar-refractivity contribution >= 4 is 21.5 Å². The van der Waals surface area contributed by atoms with Gasteiger partial charge in [-0.1, -0.05) is 24.3 Å². The third kappa shape index (κ3) is 5.81. The summed E-state index contributed by atoms with van der Waals surface area (Å²) in [6, 6.07) is 18.4. The van der Waals surface area contributed by atoms with Gasteiger partial charge in [0.2, 0.25) is 0 Å². The second kappa shape index (κ2) is 10.2. The molecule has 194 valence electrons. The van der Waals surface area contributed by atoms with Crippen LogP contribution in [0.2, 0.25) is 0 Å². The monoisotopic (exact) mass is 522 g/mol. The lowest BCUT2D eigenvalue weighted by molar-refractivity contribution is -0.588. The van der Waals surface area contributed by atoms with Crippen LogP contribution < -0.4 is 14.8 Å². The van der Waals surface area contributed by atoms with Gasteiger partial charge in [0.25, 0.3) is 0 Å². The van der Waals surface area contributed by atoms with Gasteiger partial charge in [0.05, 0.1) is 18.3 Å². The molecule has 37 heavy (non-hydrogen) atoms. The van der Waals surface area contributed by atoms with Crippen LogP contribution in [0.4, 0.5) is 5.69 Å². The summed E-state index contributed by atoms with van der Waals surface area (Å²) in [7, 11) is -2.99. The van der Waals surface area contributed by atoms with Crippen LogP contribution in [-0.2, 0) is 27.8 Å². The molecule has 1 heterocycles. The first-order chi connectivity index (χ1) is 17.7. The number of para-hydroxylation sites is 1. The summed E-state index contributed by atoms with van der Waals surface area (Å²) >= 11 is 0. The number of carboxylic acid groups (broad SMARTS) is 1. The highest BCUT2D eigenvalue weighted by Crippen LogP contribution is 2.47. The number of rotatable bonds is 10. The first-order valence-electron chi connectivity index (χ1n) is 12.5. The number of fused-ring (bicyclic) bond motifs is 3. The number of nitrogens with two attached hydrogens (primary N) is 1. The van der Waals surface area contributed by atoms with Crippen molar-refractivity contribution in [1.82, 2.24) is 0 Å². The Balaban J connectivity index is 1.27. The maximum absolute atomic E-state index is 11.3. The van der Waals surface area contributed by atoms with Crippen LogP contribution in [0, 0.1) is 12.8 Å². The molecular weight excluding hydrogens is 490 g/mol. The van der Waals surface area contributed by atoms with Crippen LogP contribution in [0.5, 0.6) is 11.5 Å². The minimum atomic E-state index is -2.99. The highest BCUT2D eigenvalue weighted by molar-refractivity contribution is 7.90. The van der Waals surface area contributed by atoms with Gasteiger partial charge in [0.1, 0.15) is 40.2 Å². The van der Waals surface area contributed by atoms with Gasteiger partial charge in [0.15, 0.2) is 0 Å². The molecule has 3 aromatic carbocycles. The lowest BCUT2D eigenvalue weighted by Gasteiger charge is -2.25. The first kappa shape index (κ1) is 25.3. The highest BCUT2D eigenvalue weighted by atomic mass is 32.2. The number of aryl methyl sites for hydroxylation is 1. The normalized spacial score (nSPS) is 17.9. The molecule has 0 aromatic heterocycles. The molecule has 1 fully saturated rings. The second-order valence-corrected chi connectivity index (χ2v) is 12.3. The zero-order valence-electron chi connectivity index (χ0n) is 21.1. The van der Waals surface area contributed by atoms with E-state index in [0.29, 0.717) is 19.6 Å². The van der Waals surface area contributed by atoms with E-state index < -0.39 is 15.8 Å². The van der Waals surface area contributed by atoms with Crippen LogP contribution in [0.3, 0.4) is 0 Å². The number of ether oxygens (including phenoxy) is 2. The van der Waals surface area contributed by atoms with Gasteiger partial charge < -0.3 is 19.9 Å². The van der Waals surface area contributed by atoms with Crippen LogP contribution in [0.25, 0.3) is 11.1 Å². The molecule has 1 saturated carbocycles. The number of carboxylic acids is 1. The molecule has 0 spiro atoms. The molecule has 0 saturated heterocycles. The summed E-state index contributed by atoms with van der Waals surface area (Å²) in [6.07, 6.45) is 2.42. The Hall–Kier alpha value is -3.36. The summed E-state index contributed by atoms with van der Waals surface area (Å²) in [5, 5.41) is 11.3. The molecule has 2 atom stereocenters. The molecule has 0 unspecified atom stereocenters. The maximum Gasteiger partial charge on any atom is 0.307 e. The third-order valence-corrected chi connectivity index (χ3v) is 8.12. The number of aliphatic carboxylic acids is 1. The molecule has 1 aliphatic carbocycles. The Bertz CT molecular complexity index is 1430. The molecule has 3 N–H and O–H groups in total. The fraction of sp³-hybridized carbons (Fsp3) is 0.345. The average Bonchev–Trinajstić information content (AvgIpc) is 3.66. The number of hydrogen-bond acceptors (Lipinski definition) is 5. The summed E-state index contributed by atoms with van der Waals surface area (Å²) in [5.74, 6) is 0.933. The fourth-order valence-corrected chi connectivity index (χ4v) is 5.77. The SMILES string of the molecule is Cc1cc(OCCCS(C)(=O)=O)cc2c1-c1cccc(C[NH2+]c3ccc([C@H]4C[C@@H]4C(=O)O)cc3)c1OC2. The third-order valence-electron chi connectivity index (χ3n) is 7.09. The summed E-state index contributed by atoms with van der Waals surface area (Å²) in [5.41, 5.74) is 7.68. The molecule has 8 heteroatoms. The molecule has 1 aliphatic heterocycles. The number of sulfone groups is 1. The molecule has 3 aromatic rings. The molecule has 0 radical (unpaired) electrons. The van der Waals surface area contributed by atoms with Crippen molar-refractivity contribution in [2.45, 2.75) is 38.8 Å². The largest absolute Gasteiger partial charge is 0.494 e. The van der Waals surface area contributed by atoms with E-state index in [-0.39, 0.29) is 17.6 Å². The van der Waals surface area contributed by atoms with E-state index in [0.717, 1.165) is 63.5 Å². The maximum atomic E-state index is 11.3. The number of hydrogen-bond donors (Lipinski definition) is 2. The van der Waals surface area contributed by atoms with Gasteiger partial charge in [-0.3, -0.25) is 4.79 Å². The lowest BCUT2D eigenvalue weighted by atomic mass is 9.91. The molecule has 2 aliphatic rings. The van der Waals surface area contributed by atoms with E-state index in [1.54, 1.807) is 0 Å². The molecule has 5 rings (SSSR count). The van der Waals surface area contributed by atoms with Crippen molar-refractivity contribution in [1.29, 1.82) is 0 Å². The Morgan fingerprint density at radius 3 is 2.65 bits per heavy atom. The van der Waals surface area contributed by atoms with Gasteiger partial charge >= 0.3 is 5.97 Å². The molecule has 0 amide bonds. The standard InChI is InChI=1S/C29H31NO6S/c1-18-13-23(35-11-4-12-37(2,33)34)14-21-17-36-28-20(5-3-6-24(28)27(18)21)16-30-22-9-7-19(8-10-22)25-15-26(25)29(31)32/h3,5-10,13-14,25-26,30H,4,11-12,15-17H2,1-2H3,(H,31,32)/p+1/t25-,26+/m1/s1. The van der Waals surface area contributed by atoms with Crippen molar-refractivity contribution in [2.75, 3.05) is 18.6 Å². The van der Waals surface area contributed by atoms with E-state index in [1.807, 2.05) is 24.3 Å². The average molecular weight is 523 g/mol. The van der Waals surface area contributed by atoms with Crippen molar-refractivity contribution in [2.24, 2.45) is 5.92 Å². The number of carbonyl (C=O) groups is 1. The van der Waals surface area contributed by atoms with Gasteiger partial charge in [-0.25, -0.2) is 8.42 Å². The van der Waals surface area contributed by atoms with Gasteiger partial charge in [-0.05, 0) is 72.7 Å². The van der Waals surface area contributed by atoms with Crippen molar-refractivity contribution in [3.05, 3.63) is 76.9 Å². The van der Waals surface area contributed by atoms with Gasteiger partial charge in [-0.15, -0.1) is 0 Å². The van der Waals surface area contributed by atoms with E-state index in [2.05, 4.69) is 42.6 Å².